The molecule has 0 bridgehead atoms. The molecule has 5 heteroatoms. The van der Waals surface area contributed by atoms with Gasteiger partial charge in [0.05, 0.1) is 12.1 Å². The molecule has 0 aromatic heterocycles. The van der Waals surface area contributed by atoms with Gasteiger partial charge in [0.25, 0.3) is 5.91 Å². The van der Waals surface area contributed by atoms with Crippen LogP contribution in [0.5, 0.6) is 0 Å². The largest absolute Gasteiger partial charge is 0.341 e. The Hall–Kier alpha value is -2.95. The van der Waals surface area contributed by atoms with Crippen LogP contribution in [0.1, 0.15) is 43.2 Å². The molecule has 1 fully saturated rings. The number of carbonyl (C=O) groups excluding carboxylic acids is 2. The molecule has 0 radical (unpaired) electrons. The Kier molecular flexibility index (Phi) is 4.75. The lowest BCUT2D eigenvalue weighted by Gasteiger charge is -2.43. The van der Waals surface area contributed by atoms with Gasteiger partial charge in [-0.25, -0.2) is 5.01 Å². The minimum absolute atomic E-state index is 0.0446. The summed E-state index contributed by atoms with van der Waals surface area (Å²) < 4.78 is 0. The van der Waals surface area contributed by atoms with E-state index in [2.05, 4.69) is 22.6 Å². The summed E-state index contributed by atoms with van der Waals surface area (Å²) in [5.41, 5.74) is 2.27. The summed E-state index contributed by atoms with van der Waals surface area (Å²) in [5.74, 6) is -0.207. The second-order valence-electron chi connectivity index (χ2n) is 7.24. The van der Waals surface area contributed by atoms with Gasteiger partial charge in [-0.2, -0.15) is 5.10 Å². The lowest BCUT2D eigenvalue weighted by Crippen LogP contribution is -2.53. The molecule has 1 heterocycles. The summed E-state index contributed by atoms with van der Waals surface area (Å²) >= 11 is 0. The average molecular weight is 361 g/mol. The van der Waals surface area contributed by atoms with Gasteiger partial charge < -0.3 is 5.32 Å². The SMILES string of the molecule is O=C(NC1(c2ccccc2)CCC1)C1=NN(Cc2ccccc2)C(=O)CC1. The van der Waals surface area contributed by atoms with Crippen molar-refractivity contribution in [2.45, 2.75) is 44.2 Å². The van der Waals surface area contributed by atoms with Gasteiger partial charge >= 0.3 is 0 Å². The quantitative estimate of drug-likeness (QED) is 0.888. The zero-order chi connectivity index (χ0) is 18.7. The van der Waals surface area contributed by atoms with E-state index in [4.69, 9.17) is 0 Å². The summed E-state index contributed by atoms with van der Waals surface area (Å²) in [6, 6.07) is 19.8. The summed E-state index contributed by atoms with van der Waals surface area (Å²) in [5, 5.41) is 9.01. The molecule has 4 rings (SSSR count). The number of hydrogen-bond acceptors (Lipinski definition) is 3. The number of hydrazone groups is 1. The van der Waals surface area contributed by atoms with Crippen molar-refractivity contribution >= 4 is 17.5 Å². The molecule has 2 amide bonds. The third-order valence-corrected chi connectivity index (χ3v) is 5.43. The fourth-order valence-electron chi connectivity index (χ4n) is 3.71. The zero-order valence-corrected chi connectivity index (χ0v) is 15.2. The maximum atomic E-state index is 12.9. The predicted molar refractivity (Wildman–Crippen MR) is 104 cm³/mol. The highest BCUT2D eigenvalue weighted by atomic mass is 16.2. The second-order valence-corrected chi connectivity index (χ2v) is 7.24. The number of nitrogens with one attached hydrogen (secondary N) is 1. The molecule has 2 aliphatic rings. The van der Waals surface area contributed by atoms with Crippen LogP contribution in [0, 0.1) is 0 Å². The molecule has 138 valence electrons. The van der Waals surface area contributed by atoms with Crippen molar-refractivity contribution < 1.29 is 9.59 Å². The van der Waals surface area contributed by atoms with Crippen LogP contribution in [0.15, 0.2) is 65.8 Å². The summed E-state index contributed by atoms with van der Waals surface area (Å²) in [6.07, 6.45) is 3.67. The molecule has 1 N–H and O–H groups in total. The molecule has 2 aromatic carbocycles. The molecule has 0 saturated heterocycles. The predicted octanol–water partition coefficient (Wildman–Crippen LogP) is 3.36. The summed E-state index contributed by atoms with van der Waals surface area (Å²) in [7, 11) is 0. The highest BCUT2D eigenvalue weighted by molar-refractivity contribution is 6.39. The molecule has 5 nitrogen and oxygen atoms in total. The number of carbonyl (C=O) groups is 2. The third kappa shape index (κ3) is 3.63. The molecule has 0 spiro atoms. The summed E-state index contributed by atoms with van der Waals surface area (Å²) in [4.78, 5) is 25.1. The molecule has 0 atom stereocenters. The Morgan fingerprint density at radius 3 is 2.30 bits per heavy atom. The molecule has 1 aliphatic heterocycles. The van der Waals surface area contributed by atoms with Crippen molar-refractivity contribution in [3.05, 3.63) is 71.8 Å². The minimum atomic E-state index is -0.299. The standard InChI is InChI=1S/C22H23N3O2/c26-20-13-12-19(24-25(20)16-17-8-3-1-4-9-17)21(27)23-22(14-7-15-22)18-10-5-2-6-11-18/h1-6,8-11H,7,12-16H2,(H,23,27). The first-order valence-corrected chi connectivity index (χ1v) is 9.46. The molecule has 1 saturated carbocycles. The van der Waals surface area contributed by atoms with Gasteiger partial charge in [0.2, 0.25) is 5.91 Å². The van der Waals surface area contributed by atoms with Crippen LogP contribution in [0.2, 0.25) is 0 Å². The molecule has 1 aliphatic carbocycles. The lowest BCUT2D eigenvalue weighted by atomic mass is 9.71. The van der Waals surface area contributed by atoms with Crippen molar-refractivity contribution in [1.29, 1.82) is 0 Å². The molecule has 2 aromatic rings. The van der Waals surface area contributed by atoms with Crippen molar-refractivity contribution in [3.63, 3.8) is 0 Å². The van der Waals surface area contributed by atoms with Crippen molar-refractivity contribution in [1.82, 2.24) is 10.3 Å². The summed E-state index contributed by atoms with van der Waals surface area (Å²) in [6.45, 7) is 0.389. The van der Waals surface area contributed by atoms with Gasteiger partial charge in [-0.15, -0.1) is 0 Å². The van der Waals surface area contributed by atoms with Gasteiger partial charge in [-0.1, -0.05) is 60.7 Å². The maximum Gasteiger partial charge on any atom is 0.268 e. The Balaban J connectivity index is 1.51. The zero-order valence-electron chi connectivity index (χ0n) is 15.2. The van der Waals surface area contributed by atoms with Crippen LogP contribution >= 0.6 is 0 Å². The van der Waals surface area contributed by atoms with E-state index in [1.807, 2.05) is 48.5 Å². The van der Waals surface area contributed by atoms with Gasteiger partial charge in [-0.05, 0) is 30.4 Å². The number of rotatable bonds is 5. The van der Waals surface area contributed by atoms with E-state index in [1.54, 1.807) is 0 Å². The van der Waals surface area contributed by atoms with Crippen LogP contribution in [0.25, 0.3) is 0 Å². The topological polar surface area (TPSA) is 61.8 Å². The first kappa shape index (κ1) is 17.5. The number of nitrogens with zero attached hydrogens (tertiary/aromatic N) is 2. The van der Waals surface area contributed by atoms with E-state index < -0.39 is 0 Å². The van der Waals surface area contributed by atoms with Gasteiger partial charge in [-0.3, -0.25) is 9.59 Å². The third-order valence-electron chi connectivity index (χ3n) is 5.43. The van der Waals surface area contributed by atoms with Crippen LogP contribution in [0.3, 0.4) is 0 Å². The highest BCUT2D eigenvalue weighted by Crippen LogP contribution is 2.41. The molecular formula is C22H23N3O2. The molecular weight excluding hydrogens is 338 g/mol. The van der Waals surface area contributed by atoms with Crippen LogP contribution in [-0.2, 0) is 21.7 Å². The highest BCUT2D eigenvalue weighted by Gasteiger charge is 2.41. The van der Waals surface area contributed by atoms with Crippen LogP contribution in [-0.4, -0.2) is 22.5 Å². The maximum absolute atomic E-state index is 12.9. The Bertz CT molecular complexity index is 858. The average Bonchev–Trinajstić information content (AvgIpc) is 2.68. The first-order valence-electron chi connectivity index (χ1n) is 9.46. The van der Waals surface area contributed by atoms with Crippen molar-refractivity contribution in [2.24, 2.45) is 5.10 Å². The molecule has 27 heavy (non-hydrogen) atoms. The van der Waals surface area contributed by atoms with Gasteiger partial charge in [0.15, 0.2) is 0 Å². The lowest BCUT2D eigenvalue weighted by molar-refractivity contribution is -0.132. The van der Waals surface area contributed by atoms with E-state index in [0.29, 0.717) is 25.1 Å². The van der Waals surface area contributed by atoms with E-state index >= 15 is 0 Å². The van der Waals surface area contributed by atoms with E-state index in [1.165, 1.54) is 5.01 Å². The minimum Gasteiger partial charge on any atom is -0.341 e. The monoisotopic (exact) mass is 361 g/mol. The fourth-order valence-corrected chi connectivity index (χ4v) is 3.71. The number of benzene rings is 2. The van der Waals surface area contributed by atoms with Gasteiger partial charge in [0, 0.05) is 12.8 Å². The normalized spacial score (nSPS) is 18.4. The van der Waals surface area contributed by atoms with E-state index in [-0.39, 0.29) is 17.4 Å². The Labute approximate surface area is 159 Å². The number of hydrogen-bond donors (Lipinski definition) is 1. The van der Waals surface area contributed by atoms with Crippen molar-refractivity contribution in [2.75, 3.05) is 0 Å². The first-order chi connectivity index (χ1) is 13.2. The molecule has 0 unspecified atom stereocenters. The van der Waals surface area contributed by atoms with Gasteiger partial charge in [0.1, 0.15) is 5.71 Å². The Morgan fingerprint density at radius 1 is 1.00 bits per heavy atom. The smallest absolute Gasteiger partial charge is 0.268 e. The fraction of sp³-hybridized carbons (Fsp3) is 0.318. The second kappa shape index (κ2) is 7.35. The van der Waals surface area contributed by atoms with Crippen molar-refractivity contribution in [3.8, 4) is 0 Å². The van der Waals surface area contributed by atoms with Crippen LogP contribution in [0.4, 0.5) is 0 Å². The number of amides is 2. The Morgan fingerprint density at radius 2 is 1.67 bits per heavy atom. The van der Waals surface area contributed by atoms with E-state index in [0.717, 1.165) is 30.4 Å². The van der Waals surface area contributed by atoms with E-state index in [9.17, 15) is 9.59 Å². The van der Waals surface area contributed by atoms with Crippen LogP contribution < -0.4 is 5.32 Å².